The molecule has 0 atom stereocenters. The molecule has 0 fully saturated rings. The maximum atomic E-state index is 5.88. The van der Waals surface area contributed by atoms with Gasteiger partial charge in [0.25, 0.3) is 0 Å². The molecular weight excluding hydrogens is 262 g/mol. The van der Waals surface area contributed by atoms with Gasteiger partial charge in [-0.15, -0.1) is 0 Å². The van der Waals surface area contributed by atoms with Crippen LogP contribution < -0.4 is 14.8 Å². The highest BCUT2D eigenvalue weighted by Gasteiger charge is 2.02. The maximum Gasteiger partial charge on any atom is 0.127 e. The summed E-state index contributed by atoms with van der Waals surface area (Å²) in [7, 11) is 0. The summed E-state index contributed by atoms with van der Waals surface area (Å²) in [5.41, 5.74) is 2.54. The number of rotatable bonds is 7. The van der Waals surface area contributed by atoms with Gasteiger partial charge in [-0.3, -0.25) is 0 Å². The lowest BCUT2D eigenvalue weighted by Crippen LogP contribution is -2.12. The Morgan fingerprint density at radius 2 is 1.57 bits per heavy atom. The summed E-state index contributed by atoms with van der Waals surface area (Å²) in [5, 5.41) is 3.34. The fourth-order valence-corrected chi connectivity index (χ4v) is 2.10. The van der Waals surface area contributed by atoms with E-state index >= 15 is 0 Å². The molecule has 0 saturated heterocycles. The molecule has 3 nitrogen and oxygen atoms in total. The van der Waals surface area contributed by atoms with E-state index in [0.717, 1.165) is 30.3 Å². The Bertz CT molecular complexity index is 564. The van der Waals surface area contributed by atoms with Gasteiger partial charge in [-0.2, -0.15) is 0 Å². The number of benzene rings is 2. The molecule has 2 aromatic rings. The third-order valence-corrected chi connectivity index (χ3v) is 3.25. The zero-order valence-electron chi connectivity index (χ0n) is 13.0. The van der Waals surface area contributed by atoms with Gasteiger partial charge in [-0.1, -0.05) is 13.0 Å². The fraction of sp³-hybridized carbons (Fsp3) is 0.333. The molecule has 0 heterocycles. The van der Waals surface area contributed by atoms with Gasteiger partial charge in [-0.25, -0.2) is 0 Å². The second-order valence-corrected chi connectivity index (χ2v) is 4.88. The topological polar surface area (TPSA) is 30.5 Å². The van der Waals surface area contributed by atoms with E-state index in [2.05, 4.69) is 31.3 Å². The third-order valence-electron chi connectivity index (χ3n) is 3.25. The van der Waals surface area contributed by atoms with Gasteiger partial charge in [0.1, 0.15) is 17.2 Å². The first-order chi connectivity index (χ1) is 10.2. The highest BCUT2D eigenvalue weighted by atomic mass is 16.5. The number of hydrogen-bond donors (Lipinski definition) is 1. The van der Waals surface area contributed by atoms with Crippen LogP contribution in [-0.2, 0) is 6.54 Å². The van der Waals surface area contributed by atoms with E-state index in [1.54, 1.807) is 0 Å². The molecule has 112 valence electrons. The molecule has 0 bridgehead atoms. The molecule has 2 rings (SSSR count). The van der Waals surface area contributed by atoms with E-state index in [-0.39, 0.29) is 0 Å². The van der Waals surface area contributed by atoms with Gasteiger partial charge >= 0.3 is 0 Å². The quantitative estimate of drug-likeness (QED) is 0.823. The van der Waals surface area contributed by atoms with E-state index in [9.17, 15) is 0 Å². The van der Waals surface area contributed by atoms with Gasteiger partial charge in [0.15, 0.2) is 0 Å². The average Bonchev–Trinajstić information content (AvgIpc) is 2.49. The largest absolute Gasteiger partial charge is 0.494 e. The molecule has 0 radical (unpaired) electrons. The Hall–Kier alpha value is -2.00. The molecule has 0 spiro atoms. The monoisotopic (exact) mass is 285 g/mol. The summed E-state index contributed by atoms with van der Waals surface area (Å²) in [6.45, 7) is 8.74. The SMILES string of the molecule is CCNCc1ccc(Oc2ccc(OCC)cc2)cc1C. The normalized spacial score (nSPS) is 10.4. The lowest BCUT2D eigenvalue weighted by atomic mass is 10.1. The van der Waals surface area contributed by atoms with E-state index in [1.807, 2.05) is 37.3 Å². The first-order valence-electron chi connectivity index (χ1n) is 7.44. The molecule has 0 saturated carbocycles. The minimum atomic E-state index is 0.673. The van der Waals surface area contributed by atoms with Crippen molar-refractivity contribution in [3.63, 3.8) is 0 Å². The molecule has 1 N–H and O–H groups in total. The molecule has 0 aliphatic carbocycles. The van der Waals surface area contributed by atoms with E-state index in [4.69, 9.17) is 9.47 Å². The van der Waals surface area contributed by atoms with Crippen LogP contribution in [0.1, 0.15) is 25.0 Å². The van der Waals surface area contributed by atoms with E-state index in [1.165, 1.54) is 11.1 Å². The van der Waals surface area contributed by atoms with Crippen LogP contribution in [0.15, 0.2) is 42.5 Å². The van der Waals surface area contributed by atoms with E-state index < -0.39 is 0 Å². The molecule has 0 aliphatic heterocycles. The molecule has 0 amide bonds. The molecule has 0 aliphatic rings. The van der Waals surface area contributed by atoms with Crippen molar-refractivity contribution >= 4 is 0 Å². The second-order valence-electron chi connectivity index (χ2n) is 4.88. The molecule has 3 heteroatoms. The summed E-state index contributed by atoms with van der Waals surface area (Å²) >= 11 is 0. The van der Waals surface area contributed by atoms with Crippen LogP contribution in [0, 0.1) is 6.92 Å². The second kappa shape index (κ2) is 7.70. The maximum absolute atomic E-state index is 5.88. The fourth-order valence-electron chi connectivity index (χ4n) is 2.10. The summed E-state index contributed by atoms with van der Waals surface area (Å²) in [5.74, 6) is 2.54. The Kier molecular flexibility index (Phi) is 5.64. The van der Waals surface area contributed by atoms with Crippen molar-refractivity contribution in [2.45, 2.75) is 27.3 Å². The van der Waals surface area contributed by atoms with Crippen LogP contribution in [-0.4, -0.2) is 13.2 Å². The van der Waals surface area contributed by atoms with Crippen molar-refractivity contribution < 1.29 is 9.47 Å². The predicted molar refractivity (Wildman–Crippen MR) is 86.2 cm³/mol. The molecular formula is C18H23NO2. The first kappa shape index (κ1) is 15.4. The highest BCUT2D eigenvalue weighted by Crippen LogP contribution is 2.25. The lowest BCUT2D eigenvalue weighted by molar-refractivity contribution is 0.339. The van der Waals surface area contributed by atoms with Gasteiger partial charge in [0.05, 0.1) is 6.61 Å². The van der Waals surface area contributed by atoms with Crippen molar-refractivity contribution in [3.8, 4) is 17.2 Å². The average molecular weight is 285 g/mol. The van der Waals surface area contributed by atoms with Crippen LogP contribution in [0.2, 0.25) is 0 Å². The van der Waals surface area contributed by atoms with Gasteiger partial charge in [0, 0.05) is 6.54 Å². The third kappa shape index (κ3) is 4.50. The number of aryl methyl sites for hydroxylation is 1. The van der Waals surface area contributed by atoms with Crippen molar-refractivity contribution in [2.24, 2.45) is 0 Å². The summed E-state index contributed by atoms with van der Waals surface area (Å²) in [6.07, 6.45) is 0. The van der Waals surface area contributed by atoms with Gasteiger partial charge in [0.2, 0.25) is 0 Å². The minimum absolute atomic E-state index is 0.673. The minimum Gasteiger partial charge on any atom is -0.494 e. The van der Waals surface area contributed by atoms with Crippen molar-refractivity contribution in [3.05, 3.63) is 53.6 Å². The molecule has 0 unspecified atom stereocenters. The van der Waals surface area contributed by atoms with E-state index in [0.29, 0.717) is 6.61 Å². The van der Waals surface area contributed by atoms with Crippen LogP contribution in [0.3, 0.4) is 0 Å². The molecule has 0 aromatic heterocycles. The zero-order valence-corrected chi connectivity index (χ0v) is 13.0. The number of hydrogen-bond acceptors (Lipinski definition) is 3. The van der Waals surface area contributed by atoms with Crippen LogP contribution in [0.4, 0.5) is 0 Å². The molecule has 21 heavy (non-hydrogen) atoms. The smallest absolute Gasteiger partial charge is 0.127 e. The Labute approximate surface area is 126 Å². The number of nitrogens with one attached hydrogen (secondary N) is 1. The van der Waals surface area contributed by atoms with Crippen LogP contribution in [0.5, 0.6) is 17.2 Å². The van der Waals surface area contributed by atoms with Crippen LogP contribution in [0.25, 0.3) is 0 Å². The van der Waals surface area contributed by atoms with Crippen molar-refractivity contribution in [1.82, 2.24) is 5.32 Å². The summed E-state index contributed by atoms with van der Waals surface area (Å²) in [4.78, 5) is 0. The summed E-state index contributed by atoms with van der Waals surface area (Å²) in [6, 6.07) is 13.9. The predicted octanol–water partition coefficient (Wildman–Crippen LogP) is 4.30. The highest BCUT2D eigenvalue weighted by molar-refractivity contribution is 5.39. The molecule has 2 aromatic carbocycles. The number of ether oxygens (including phenoxy) is 2. The van der Waals surface area contributed by atoms with Gasteiger partial charge in [-0.05, 0) is 67.9 Å². The van der Waals surface area contributed by atoms with Crippen LogP contribution >= 0.6 is 0 Å². The van der Waals surface area contributed by atoms with Gasteiger partial charge < -0.3 is 14.8 Å². The van der Waals surface area contributed by atoms with Crippen molar-refractivity contribution in [2.75, 3.05) is 13.2 Å². The van der Waals surface area contributed by atoms with Crippen molar-refractivity contribution in [1.29, 1.82) is 0 Å². The zero-order chi connectivity index (χ0) is 15.1. The first-order valence-corrected chi connectivity index (χ1v) is 7.44. The Morgan fingerprint density at radius 1 is 0.905 bits per heavy atom. The standard InChI is InChI=1S/C18H23NO2/c1-4-19-13-15-6-7-18(12-14(15)3)21-17-10-8-16(9-11-17)20-5-2/h6-12,19H,4-5,13H2,1-3H3. The summed E-state index contributed by atoms with van der Waals surface area (Å²) < 4.78 is 11.3. The lowest BCUT2D eigenvalue weighted by Gasteiger charge is -2.11. The Morgan fingerprint density at radius 3 is 2.19 bits per heavy atom. The Balaban J connectivity index is 2.03.